The summed E-state index contributed by atoms with van der Waals surface area (Å²) in [4.78, 5) is 141. The summed E-state index contributed by atoms with van der Waals surface area (Å²) in [5.41, 5.74) is 0.706. The lowest BCUT2D eigenvalue weighted by Gasteiger charge is -2.34. The highest BCUT2D eigenvalue weighted by Crippen LogP contribution is 2.37. The van der Waals surface area contributed by atoms with Gasteiger partial charge in [-0.1, -0.05) is 119 Å². The van der Waals surface area contributed by atoms with Gasteiger partial charge in [0.1, 0.15) is 59.2 Å². The van der Waals surface area contributed by atoms with Crippen LogP contribution in [0.5, 0.6) is 0 Å². The number of nitro groups is 2. The Kier molecular flexibility index (Phi) is 20.7. The Morgan fingerprint density at radius 3 is 1.95 bits per heavy atom. The van der Waals surface area contributed by atoms with E-state index in [1.807, 2.05) is 0 Å². The Morgan fingerprint density at radius 1 is 0.835 bits per heavy atom. The number of esters is 1. The molecule has 426 valence electrons. The molecule has 2 aromatic carbocycles. The molecule has 0 bridgehead atoms. The molecule has 1 saturated carbocycles. The van der Waals surface area contributed by atoms with Crippen LogP contribution in [0.15, 0.2) is 84.9 Å². The lowest BCUT2D eigenvalue weighted by atomic mass is 9.90. The van der Waals surface area contributed by atoms with Gasteiger partial charge in [-0.25, -0.2) is 4.79 Å². The van der Waals surface area contributed by atoms with Gasteiger partial charge in [0.25, 0.3) is 5.91 Å². The van der Waals surface area contributed by atoms with Crippen molar-refractivity contribution in [3.05, 3.63) is 127 Å². The van der Waals surface area contributed by atoms with Crippen LogP contribution in [0.4, 0.5) is 0 Å². The van der Waals surface area contributed by atoms with Gasteiger partial charge in [-0.2, -0.15) is 4.73 Å². The molecule has 1 aromatic heterocycles. The second-order valence-electron chi connectivity index (χ2n) is 20.6. The van der Waals surface area contributed by atoms with E-state index in [1.54, 1.807) is 107 Å². The number of allylic oxidation sites excluding steroid dienone is 1. The van der Waals surface area contributed by atoms with E-state index in [1.165, 1.54) is 17.9 Å². The number of fused-ring (bicyclic) bond motifs is 1. The van der Waals surface area contributed by atoms with E-state index < -0.39 is 153 Å². The second kappa shape index (κ2) is 27.1. The number of hydrogen-bond donors (Lipinski definition) is 7. The van der Waals surface area contributed by atoms with Crippen molar-refractivity contribution in [1.29, 1.82) is 0 Å². The minimum atomic E-state index is -1.93. The van der Waals surface area contributed by atoms with Crippen LogP contribution >= 0.6 is 11.6 Å². The Balaban J connectivity index is 1.48. The van der Waals surface area contributed by atoms with Crippen molar-refractivity contribution in [3.63, 3.8) is 0 Å². The van der Waals surface area contributed by atoms with Crippen molar-refractivity contribution >= 4 is 58.9 Å². The van der Waals surface area contributed by atoms with Crippen LogP contribution in [0, 0.1) is 38.0 Å². The van der Waals surface area contributed by atoms with Gasteiger partial charge < -0.3 is 46.7 Å². The number of cyclic esters (lactones) is 1. The van der Waals surface area contributed by atoms with Gasteiger partial charge >= 0.3 is 5.97 Å². The molecule has 14 atom stereocenters. The van der Waals surface area contributed by atoms with Gasteiger partial charge in [0, 0.05) is 47.0 Å². The molecule has 2 aliphatic heterocycles. The normalized spacial score (nSPS) is 26.7. The molecule has 3 aliphatic rings. The van der Waals surface area contributed by atoms with Crippen molar-refractivity contribution in [3.8, 4) is 0 Å². The first kappa shape index (κ1) is 60.3. The fraction of sp³-hybridized carbons (Fsp3) is 0.519. The molecule has 1 unspecified atom stereocenters. The van der Waals surface area contributed by atoms with Crippen LogP contribution in [-0.2, 0) is 38.3 Å². The fourth-order valence-corrected chi connectivity index (χ4v) is 10.3. The predicted molar refractivity (Wildman–Crippen MR) is 285 cm³/mol. The number of carbonyl (C=O) groups is 8. The molecule has 6 rings (SSSR count). The lowest BCUT2D eigenvalue weighted by Crippen LogP contribution is -2.62. The van der Waals surface area contributed by atoms with Gasteiger partial charge in [-0.3, -0.25) is 53.8 Å². The molecule has 3 aromatic rings. The highest BCUT2D eigenvalue weighted by Gasteiger charge is 2.51. The maximum Gasteiger partial charge on any atom is 0.329 e. The maximum absolute atomic E-state index is 15.1. The molecule has 7 N–H and O–H groups in total. The molecule has 7 amide bonds. The maximum atomic E-state index is 15.1. The number of amides is 7. The molecular weight excluding hydrogens is 1050 g/mol. The molecule has 1 aliphatic carbocycles. The molecule has 24 nitrogen and oxygen atoms in total. The third-order valence-electron chi connectivity index (χ3n) is 15.1. The van der Waals surface area contributed by atoms with Crippen molar-refractivity contribution in [2.45, 2.75) is 146 Å². The SMILES string of the molecule is C/C=C/[C@H]1C[C@H]2C(=O)O[C@H](C)[C@@H](NC(=O)[C@H](C[C@@H]3C[C@H]3[N+](=O)[O-])NC(=O)c3ccc(Cl)n3O)C(=O)NC([C@H](C)c3ccccc3)C(=O)N[C@H](CCC[N+](=O)[O-])C(=O)N[C@@H]([C@H](C)c3ccccc3)C(=O)N[C@@H]([C@@H](C)CC)C(=O)N2C1. The molecular formula is C54H69ClN10O14. The van der Waals surface area contributed by atoms with Gasteiger partial charge in [0.05, 0.1) is 0 Å². The van der Waals surface area contributed by atoms with Crippen LogP contribution in [0.3, 0.4) is 0 Å². The van der Waals surface area contributed by atoms with Crippen LogP contribution in [0.2, 0.25) is 5.15 Å². The number of carbonyl (C=O) groups excluding carboxylic acids is 8. The molecule has 0 radical (unpaired) electrons. The number of nitrogens with zero attached hydrogens (tertiary/aromatic N) is 4. The Labute approximate surface area is 461 Å². The van der Waals surface area contributed by atoms with Crippen LogP contribution in [0.1, 0.15) is 114 Å². The molecule has 3 heterocycles. The quantitative estimate of drug-likeness (QED) is 0.0316. The van der Waals surface area contributed by atoms with Gasteiger partial charge in [-0.15, -0.1) is 0 Å². The van der Waals surface area contributed by atoms with E-state index in [2.05, 4.69) is 31.9 Å². The summed E-state index contributed by atoms with van der Waals surface area (Å²) in [6.07, 6.45) is 1.47. The number of nitrogens with one attached hydrogen (secondary N) is 6. The summed E-state index contributed by atoms with van der Waals surface area (Å²) in [7, 11) is 0. The minimum absolute atomic E-state index is 0.00382. The first-order valence-corrected chi connectivity index (χ1v) is 26.8. The summed E-state index contributed by atoms with van der Waals surface area (Å²) in [5, 5.41) is 49.6. The van der Waals surface area contributed by atoms with E-state index in [9.17, 15) is 54.2 Å². The second-order valence-corrected chi connectivity index (χ2v) is 21.0. The molecule has 79 heavy (non-hydrogen) atoms. The number of rotatable bonds is 18. The van der Waals surface area contributed by atoms with Crippen LogP contribution in [0.25, 0.3) is 0 Å². The van der Waals surface area contributed by atoms with Gasteiger partial charge in [-0.05, 0) is 68.2 Å². The molecule has 2 saturated heterocycles. The number of ether oxygens (including phenoxy) is 1. The monoisotopic (exact) mass is 1120 g/mol. The average Bonchev–Trinajstić information content (AvgIpc) is 4.08. The van der Waals surface area contributed by atoms with Gasteiger partial charge in [0.15, 0.2) is 0 Å². The lowest BCUT2D eigenvalue weighted by molar-refractivity contribution is -0.498. The van der Waals surface area contributed by atoms with E-state index >= 15 is 9.59 Å². The summed E-state index contributed by atoms with van der Waals surface area (Å²) >= 11 is 5.98. The largest absolute Gasteiger partial charge is 0.458 e. The van der Waals surface area contributed by atoms with E-state index in [0.29, 0.717) is 22.3 Å². The van der Waals surface area contributed by atoms with E-state index in [0.717, 1.165) is 6.07 Å². The van der Waals surface area contributed by atoms with E-state index in [4.69, 9.17) is 16.3 Å². The standard InChI is InChI=1S/C54H69ClN10O14/c1-7-16-33-25-41-54(73)79-32(6)46(61-48(67)38(26-36-27-40(36)65(77)78)57-49(68)39-22-23-42(55)64(39)76)52(71)60-44(30(4)34-17-11-9-12-18-34)50(69)56-37(21-15-24-63(74)75)47(66)59-45(31(5)35-19-13-10-14-20-35)51(70)58-43(29(3)8-2)53(72)62(41)28-33/h7,9-14,16-20,22-23,29-33,36-38,40-41,43-46,76H,8,15,21,24-28H2,1-6H3,(H,56,69)(H,57,68)(H,58,70)(H,59,66)(H,60,71)(H,61,67)/b16-7+/t29-,30+,31+,32+,33-,36+,37+,38-,40+,41-,43-,44?,45-,46+/m0/s1. The topological polar surface area (TPSA) is 333 Å². The summed E-state index contributed by atoms with van der Waals surface area (Å²) in [5.74, 6) is -11.0. The number of halogens is 1. The third kappa shape index (κ3) is 15.2. The van der Waals surface area contributed by atoms with Crippen LogP contribution < -0.4 is 31.9 Å². The van der Waals surface area contributed by atoms with Crippen molar-refractivity contribution in [2.75, 3.05) is 13.1 Å². The summed E-state index contributed by atoms with van der Waals surface area (Å²) in [6.45, 7) is 9.23. The molecule has 3 fully saturated rings. The zero-order valence-corrected chi connectivity index (χ0v) is 45.5. The average molecular weight is 1120 g/mol. The van der Waals surface area contributed by atoms with Crippen molar-refractivity contribution in [2.24, 2.45) is 17.8 Å². The highest BCUT2D eigenvalue weighted by atomic mass is 35.5. The van der Waals surface area contributed by atoms with Crippen molar-refractivity contribution < 1.29 is 58.1 Å². The fourth-order valence-electron chi connectivity index (χ4n) is 10.1. The molecule has 25 heteroatoms. The van der Waals surface area contributed by atoms with E-state index in [-0.39, 0.29) is 43.8 Å². The number of benzene rings is 2. The number of aromatic nitrogens is 1. The first-order valence-electron chi connectivity index (χ1n) is 26.4. The first-order chi connectivity index (χ1) is 37.5. The third-order valence-corrected chi connectivity index (χ3v) is 15.4. The minimum Gasteiger partial charge on any atom is -0.458 e. The highest BCUT2D eigenvalue weighted by molar-refractivity contribution is 6.30. The van der Waals surface area contributed by atoms with Crippen molar-refractivity contribution in [1.82, 2.24) is 41.5 Å². The van der Waals surface area contributed by atoms with Crippen LogP contribution in [-0.4, -0.2) is 140 Å². The predicted octanol–water partition coefficient (Wildman–Crippen LogP) is 3.41. The smallest absolute Gasteiger partial charge is 0.329 e. The Bertz CT molecular complexity index is 2760. The van der Waals surface area contributed by atoms with Gasteiger partial charge in [0.2, 0.25) is 48.0 Å². The summed E-state index contributed by atoms with van der Waals surface area (Å²) < 4.78 is 6.41. The molecule has 0 spiro atoms. The zero-order valence-electron chi connectivity index (χ0n) is 44.7. The Hall–Kier alpha value is -7.89. The summed E-state index contributed by atoms with van der Waals surface area (Å²) in [6, 6.07) is 7.62. The Morgan fingerprint density at radius 2 is 1.42 bits per heavy atom. The zero-order chi connectivity index (χ0) is 57.8. The number of hydrogen-bond acceptors (Lipinski definition) is 14.